The standard InChI is InChI=1S/C19H27NO5/c1-13(21)16(17(22)24-5)15(20-18(23)25-19(2,3)4)12-11-14-9-7-6-8-10-14/h6-10,15-16H,11-12H2,1-5H3,(H,20,23)/t15-,16?/m0/s1. The number of carbonyl (C=O) groups excluding carboxylic acids is 3. The number of rotatable bonds is 7. The lowest BCUT2D eigenvalue weighted by Crippen LogP contribution is -2.48. The Balaban J connectivity index is 2.93. The molecule has 0 aliphatic heterocycles. The first-order valence-electron chi connectivity index (χ1n) is 8.25. The average Bonchev–Trinajstić information content (AvgIpc) is 2.51. The zero-order chi connectivity index (χ0) is 19.0. The van der Waals surface area contributed by atoms with Crippen molar-refractivity contribution in [2.24, 2.45) is 5.92 Å². The van der Waals surface area contributed by atoms with Gasteiger partial charge in [0.25, 0.3) is 0 Å². The zero-order valence-corrected chi connectivity index (χ0v) is 15.5. The molecule has 0 spiro atoms. The Morgan fingerprint density at radius 3 is 2.20 bits per heavy atom. The SMILES string of the molecule is COC(=O)C(C(C)=O)[C@H](CCc1ccccc1)NC(=O)OC(C)(C)C. The maximum atomic E-state index is 12.1. The van der Waals surface area contributed by atoms with Crippen LogP contribution in [0.1, 0.15) is 39.7 Å². The van der Waals surface area contributed by atoms with Crippen LogP contribution in [0.25, 0.3) is 0 Å². The van der Waals surface area contributed by atoms with Gasteiger partial charge in [-0.05, 0) is 46.1 Å². The predicted molar refractivity (Wildman–Crippen MR) is 94.1 cm³/mol. The highest BCUT2D eigenvalue weighted by atomic mass is 16.6. The molecule has 1 unspecified atom stereocenters. The van der Waals surface area contributed by atoms with Crippen molar-refractivity contribution in [3.05, 3.63) is 35.9 Å². The number of esters is 1. The summed E-state index contributed by atoms with van der Waals surface area (Å²) in [6, 6.07) is 8.92. The first-order valence-corrected chi connectivity index (χ1v) is 8.25. The molecule has 6 nitrogen and oxygen atoms in total. The summed E-state index contributed by atoms with van der Waals surface area (Å²) < 4.78 is 9.99. The largest absolute Gasteiger partial charge is 0.468 e. The molecule has 0 aliphatic rings. The van der Waals surface area contributed by atoms with Gasteiger partial charge in [-0.1, -0.05) is 30.3 Å². The van der Waals surface area contributed by atoms with Crippen molar-refractivity contribution >= 4 is 17.8 Å². The van der Waals surface area contributed by atoms with Crippen LogP contribution < -0.4 is 5.32 Å². The molecule has 25 heavy (non-hydrogen) atoms. The van der Waals surface area contributed by atoms with Crippen LogP contribution >= 0.6 is 0 Å². The monoisotopic (exact) mass is 349 g/mol. The summed E-state index contributed by atoms with van der Waals surface area (Å²) in [6.45, 7) is 6.55. The van der Waals surface area contributed by atoms with Crippen LogP contribution in [0.3, 0.4) is 0 Å². The number of benzene rings is 1. The van der Waals surface area contributed by atoms with E-state index < -0.39 is 29.6 Å². The summed E-state index contributed by atoms with van der Waals surface area (Å²) in [5.41, 5.74) is 0.371. The minimum Gasteiger partial charge on any atom is -0.468 e. The van der Waals surface area contributed by atoms with Gasteiger partial charge < -0.3 is 14.8 Å². The summed E-state index contributed by atoms with van der Waals surface area (Å²) in [5, 5.41) is 2.66. The number of Topliss-reactive ketones (excluding diaryl/α,β-unsaturated/α-hetero) is 1. The Hall–Kier alpha value is -2.37. The van der Waals surface area contributed by atoms with Gasteiger partial charge in [0.05, 0.1) is 13.2 Å². The molecule has 0 aromatic heterocycles. The normalized spacial score (nSPS) is 13.5. The lowest BCUT2D eigenvalue weighted by molar-refractivity contribution is -0.150. The highest BCUT2D eigenvalue weighted by Crippen LogP contribution is 2.16. The molecular weight excluding hydrogens is 322 g/mol. The van der Waals surface area contributed by atoms with Gasteiger partial charge in [-0.25, -0.2) is 4.79 Å². The third-order valence-corrected chi connectivity index (χ3v) is 3.58. The van der Waals surface area contributed by atoms with Crippen LogP contribution in [0, 0.1) is 5.92 Å². The number of ketones is 1. The number of aryl methyl sites for hydroxylation is 1. The van der Waals surface area contributed by atoms with Crippen LogP contribution in [0.4, 0.5) is 4.79 Å². The molecule has 1 aromatic rings. The molecule has 1 rings (SSSR count). The van der Waals surface area contributed by atoms with E-state index in [1.54, 1.807) is 20.8 Å². The molecule has 0 saturated carbocycles. The number of alkyl carbamates (subject to hydrolysis) is 1. The number of carbonyl (C=O) groups is 3. The van der Waals surface area contributed by atoms with E-state index in [-0.39, 0.29) is 5.78 Å². The van der Waals surface area contributed by atoms with Gasteiger partial charge in [0, 0.05) is 0 Å². The Morgan fingerprint density at radius 1 is 1.12 bits per heavy atom. The van der Waals surface area contributed by atoms with Crippen molar-refractivity contribution < 1.29 is 23.9 Å². The molecule has 1 aromatic carbocycles. The quantitative estimate of drug-likeness (QED) is 0.605. The van der Waals surface area contributed by atoms with E-state index in [0.29, 0.717) is 12.8 Å². The number of hydrogen-bond acceptors (Lipinski definition) is 5. The van der Waals surface area contributed by atoms with Crippen LogP contribution in [0.15, 0.2) is 30.3 Å². The van der Waals surface area contributed by atoms with Crippen molar-refractivity contribution in [3.8, 4) is 0 Å². The third kappa shape index (κ3) is 7.37. The van der Waals surface area contributed by atoms with Crippen molar-refractivity contribution in [1.29, 1.82) is 0 Å². The van der Waals surface area contributed by atoms with Crippen LogP contribution in [0.2, 0.25) is 0 Å². The van der Waals surface area contributed by atoms with Gasteiger partial charge in [0.1, 0.15) is 17.3 Å². The average molecular weight is 349 g/mol. The van der Waals surface area contributed by atoms with Gasteiger partial charge in [0.15, 0.2) is 0 Å². The van der Waals surface area contributed by atoms with Crippen LogP contribution in [-0.4, -0.2) is 36.6 Å². The summed E-state index contributed by atoms with van der Waals surface area (Å²) in [6.07, 6.45) is 0.339. The molecule has 0 heterocycles. The maximum absolute atomic E-state index is 12.1. The third-order valence-electron chi connectivity index (χ3n) is 3.58. The van der Waals surface area contributed by atoms with E-state index in [9.17, 15) is 14.4 Å². The second-order valence-corrected chi connectivity index (χ2v) is 6.89. The first kappa shape index (κ1) is 20.7. The number of amides is 1. The number of nitrogens with one attached hydrogen (secondary N) is 1. The number of methoxy groups -OCH3 is 1. The minimum absolute atomic E-state index is 0.360. The second kappa shape index (κ2) is 9.20. The van der Waals surface area contributed by atoms with E-state index in [0.717, 1.165) is 5.56 Å². The topological polar surface area (TPSA) is 81.7 Å². The number of ether oxygens (including phenoxy) is 2. The van der Waals surface area contributed by atoms with Crippen LogP contribution in [0.5, 0.6) is 0 Å². The summed E-state index contributed by atoms with van der Waals surface area (Å²) >= 11 is 0. The Morgan fingerprint density at radius 2 is 1.72 bits per heavy atom. The molecule has 0 bridgehead atoms. The molecule has 0 fully saturated rings. The molecule has 1 amide bonds. The summed E-state index contributed by atoms with van der Waals surface area (Å²) in [4.78, 5) is 36.1. The fourth-order valence-electron chi connectivity index (χ4n) is 2.49. The van der Waals surface area contributed by atoms with Gasteiger partial charge >= 0.3 is 12.1 Å². The van der Waals surface area contributed by atoms with Crippen molar-refractivity contribution in [2.75, 3.05) is 7.11 Å². The maximum Gasteiger partial charge on any atom is 0.407 e. The fraction of sp³-hybridized carbons (Fsp3) is 0.526. The van der Waals surface area contributed by atoms with Crippen molar-refractivity contribution in [1.82, 2.24) is 5.32 Å². The van der Waals surface area contributed by atoms with Gasteiger partial charge in [-0.15, -0.1) is 0 Å². The Kier molecular flexibility index (Phi) is 7.61. The molecular formula is C19H27NO5. The van der Waals surface area contributed by atoms with Gasteiger partial charge in [-0.3, -0.25) is 9.59 Å². The summed E-state index contributed by atoms with van der Waals surface area (Å²) in [5.74, 6) is -2.09. The lowest BCUT2D eigenvalue weighted by Gasteiger charge is -2.27. The summed E-state index contributed by atoms with van der Waals surface area (Å²) in [7, 11) is 1.22. The Labute approximate surface area is 148 Å². The smallest absolute Gasteiger partial charge is 0.407 e. The predicted octanol–water partition coefficient (Wildman–Crippen LogP) is 2.89. The molecule has 138 valence electrons. The van der Waals surface area contributed by atoms with E-state index in [1.807, 2.05) is 30.3 Å². The fourth-order valence-corrected chi connectivity index (χ4v) is 2.49. The van der Waals surface area contributed by atoms with Crippen LogP contribution in [-0.2, 0) is 25.5 Å². The molecule has 0 radical (unpaired) electrons. The highest BCUT2D eigenvalue weighted by Gasteiger charge is 2.35. The molecule has 6 heteroatoms. The van der Waals surface area contributed by atoms with E-state index >= 15 is 0 Å². The molecule has 1 N–H and O–H groups in total. The van der Waals surface area contributed by atoms with E-state index in [2.05, 4.69) is 5.32 Å². The second-order valence-electron chi connectivity index (χ2n) is 6.89. The van der Waals surface area contributed by atoms with E-state index in [1.165, 1.54) is 14.0 Å². The lowest BCUT2D eigenvalue weighted by atomic mass is 9.91. The van der Waals surface area contributed by atoms with E-state index in [4.69, 9.17) is 9.47 Å². The highest BCUT2D eigenvalue weighted by molar-refractivity contribution is 5.98. The van der Waals surface area contributed by atoms with Gasteiger partial charge in [0.2, 0.25) is 0 Å². The minimum atomic E-state index is -1.07. The van der Waals surface area contributed by atoms with Gasteiger partial charge in [-0.2, -0.15) is 0 Å². The zero-order valence-electron chi connectivity index (χ0n) is 15.5. The van der Waals surface area contributed by atoms with Crippen molar-refractivity contribution in [2.45, 2.75) is 52.2 Å². The molecule has 2 atom stereocenters. The molecule has 0 saturated heterocycles. The van der Waals surface area contributed by atoms with Crippen molar-refractivity contribution in [3.63, 3.8) is 0 Å². The number of hydrogen-bond donors (Lipinski definition) is 1. The first-order chi connectivity index (χ1) is 11.6. The molecule has 0 aliphatic carbocycles. The Bertz CT molecular complexity index is 592.